The smallest absolute Gasteiger partial charge is 0.193 e. The zero-order valence-electron chi connectivity index (χ0n) is 17.2. The molecule has 0 saturated heterocycles. The summed E-state index contributed by atoms with van der Waals surface area (Å²) in [7, 11) is 0. The Morgan fingerprint density at radius 1 is 0.871 bits per heavy atom. The fraction of sp³-hybridized carbons (Fsp3) is 0.167. The SMILES string of the molecule is CCc1cc(-c2nnc(S)n2-c2ccc3c4ccccc4n(CC)c3c2)c(O)cc1O. The van der Waals surface area contributed by atoms with Crippen molar-refractivity contribution in [3.63, 3.8) is 0 Å². The number of nitrogens with zero attached hydrogens (tertiary/aromatic N) is 4. The first-order valence-electron chi connectivity index (χ1n) is 10.2. The number of benzene rings is 3. The molecule has 0 saturated carbocycles. The van der Waals surface area contributed by atoms with Crippen molar-refractivity contribution in [2.75, 3.05) is 0 Å². The standard InChI is InChI=1S/C24H22N4O2S/c1-3-14-11-18(22(30)13-21(14)29)23-25-26-24(31)28(23)15-9-10-17-16-7-5-6-8-19(16)27(4-2)20(17)12-15/h5-13,29-30H,3-4H2,1-2H3,(H,26,31). The number of aryl methyl sites for hydroxylation is 2. The number of phenolic OH excluding ortho intramolecular Hbond substituents is 2. The minimum Gasteiger partial charge on any atom is -0.508 e. The molecule has 0 amide bonds. The molecule has 5 aromatic rings. The summed E-state index contributed by atoms with van der Waals surface area (Å²) in [6.07, 6.45) is 0.629. The molecule has 2 aromatic heterocycles. The Morgan fingerprint density at radius 3 is 2.42 bits per heavy atom. The van der Waals surface area contributed by atoms with Crippen LogP contribution in [0.2, 0.25) is 0 Å². The molecule has 31 heavy (non-hydrogen) atoms. The molecule has 3 aromatic carbocycles. The van der Waals surface area contributed by atoms with Crippen molar-refractivity contribution >= 4 is 34.4 Å². The summed E-state index contributed by atoms with van der Waals surface area (Å²) in [5, 5.41) is 31.8. The van der Waals surface area contributed by atoms with Gasteiger partial charge in [-0.15, -0.1) is 22.8 Å². The van der Waals surface area contributed by atoms with Crippen molar-refractivity contribution in [3.05, 3.63) is 60.2 Å². The number of aromatic nitrogens is 4. The lowest BCUT2D eigenvalue weighted by atomic mass is 10.1. The first kappa shape index (κ1) is 19.5. The number of rotatable bonds is 4. The third-order valence-electron chi connectivity index (χ3n) is 5.80. The van der Waals surface area contributed by atoms with Gasteiger partial charge < -0.3 is 14.8 Å². The molecule has 5 rings (SSSR count). The van der Waals surface area contributed by atoms with E-state index in [4.69, 9.17) is 0 Å². The molecule has 2 N–H and O–H groups in total. The molecule has 0 aliphatic heterocycles. The fourth-order valence-corrected chi connectivity index (χ4v) is 4.54. The molecule has 0 radical (unpaired) electrons. The fourth-order valence-electron chi connectivity index (χ4n) is 4.29. The van der Waals surface area contributed by atoms with E-state index in [1.807, 2.05) is 17.6 Å². The minimum absolute atomic E-state index is 0.0552. The summed E-state index contributed by atoms with van der Waals surface area (Å²) in [4.78, 5) is 0. The Balaban J connectivity index is 1.76. The highest BCUT2D eigenvalue weighted by atomic mass is 32.1. The monoisotopic (exact) mass is 430 g/mol. The lowest BCUT2D eigenvalue weighted by Gasteiger charge is -2.12. The second-order valence-corrected chi connectivity index (χ2v) is 7.87. The van der Waals surface area contributed by atoms with Gasteiger partial charge in [-0.25, -0.2) is 0 Å². The number of fused-ring (bicyclic) bond motifs is 3. The number of para-hydroxylation sites is 1. The van der Waals surface area contributed by atoms with Crippen LogP contribution in [0.4, 0.5) is 0 Å². The largest absolute Gasteiger partial charge is 0.508 e. The van der Waals surface area contributed by atoms with Crippen LogP contribution in [0.1, 0.15) is 19.4 Å². The Labute approximate surface area is 184 Å². The average molecular weight is 431 g/mol. The molecule has 6 nitrogen and oxygen atoms in total. The first-order chi connectivity index (χ1) is 15.0. The normalized spacial score (nSPS) is 11.6. The van der Waals surface area contributed by atoms with Crippen molar-refractivity contribution in [1.29, 1.82) is 0 Å². The number of thiol groups is 1. The molecule has 0 atom stereocenters. The van der Waals surface area contributed by atoms with Gasteiger partial charge in [0.25, 0.3) is 0 Å². The topological polar surface area (TPSA) is 76.1 Å². The summed E-state index contributed by atoms with van der Waals surface area (Å²) < 4.78 is 4.09. The molecule has 0 aliphatic rings. The highest BCUT2D eigenvalue weighted by Crippen LogP contribution is 2.37. The van der Waals surface area contributed by atoms with Crippen LogP contribution in [-0.4, -0.2) is 29.5 Å². The Kier molecular flexibility index (Phi) is 4.63. The molecule has 0 bridgehead atoms. The Hall–Kier alpha value is -3.45. The van der Waals surface area contributed by atoms with Gasteiger partial charge in [0.1, 0.15) is 11.5 Å². The van der Waals surface area contributed by atoms with Crippen LogP contribution in [0.25, 0.3) is 38.9 Å². The molecule has 7 heteroatoms. The molecule has 0 aliphatic carbocycles. The van der Waals surface area contributed by atoms with Gasteiger partial charge in [-0.1, -0.05) is 31.2 Å². The van der Waals surface area contributed by atoms with Gasteiger partial charge in [0.15, 0.2) is 11.0 Å². The third kappa shape index (κ3) is 2.96. The number of aromatic hydroxyl groups is 2. The van der Waals surface area contributed by atoms with Crippen molar-refractivity contribution < 1.29 is 10.2 Å². The zero-order chi connectivity index (χ0) is 21.7. The van der Waals surface area contributed by atoms with E-state index in [9.17, 15) is 10.2 Å². The molecule has 0 fully saturated rings. The van der Waals surface area contributed by atoms with Crippen molar-refractivity contribution in [2.45, 2.75) is 32.0 Å². The summed E-state index contributed by atoms with van der Waals surface area (Å²) in [5.74, 6) is 0.478. The van der Waals surface area contributed by atoms with Gasteiger partial charge in [0, 0.05) is 28.9 Å². The quantitative estimate of drug-likeness (QED) is 0.337. The van der Waals surface area contributed by atoms with Crippen LogP contribution in [0.5, 0.6) is 11.5 Å². The lowest BCUT2D eigenvalue weighted by Crippen LogP contribution is -2.00. The van der Waals surface area contributed by atoms with Crippen molar-refractivity contribution in [1.82, 2.24) is 19.3 Å². The van der Waals surface area contributed by atoms with Gasteiger partial charge >= 0.3 is 0 Å². The number of phenols is 2. The van der Waals surface area contributed by atoms with E-state index in [1.165, 1.54) is 22.4 Å². The predicted octanol–water partition coefficient (Wildman–Crippen LogP) is 5.32. The highest BCUT2D eigenvalue weighted by Gasteiger charge is 2.20. The third-order valence-corrected chi connectivity index (χ3v) is 6.09. The predicted molar refractivity (Wildman–Crippen MR) is 125 cm³/mol. The minimum atomic E-state index is -0.0552. The van der Waals surface area contributed by atoms with Crippen LogP contribution in [0.15, 0.2) is 59.8 Å². The van der Waals surface area contributed by atoms with Gasteiger partial charge in [-0.3, -0.25) is 4.57 Å². The van der Waals surface area contributed by atoms with Crippen LogP contribution in [0.3, 0.4) is 0 Å². The van der Waals surface area contributed by atoms with Crippen molar-refractivity contribution in [3.8, 4) is 28.6 Å². The molecule has 0 spiro atoms. The van der Waals surface area contributed by atoms with E-state index < -0.39 is 0 Å². The molecular weight excluding hydrogens is 408 g/mol. The summed E-state index contributed by atoms with van der Waals surface area (Å²) in [5.41, 5.74) is 4.37. The zero-order valence-corrected chi connectivity index (χ0v) is 18.1. The van der Waals surface area contributed by atoms with Crippen LogP contribution >= 0.6 is 12.6 Å². The maximum Gasteiger partial charge on any atom is 0.193 e. The van der Waals surface area contributed by atoms with E-state index in [0.29, 0.717) is 23.0 Å². The van der Waals surface area contributed by atoms with E-state index in [0.717, 1.165) is 23.3 Å². The summed E-state index contributed by atoms with van der Waals surface area (Å²) in [6, 6.07) is 17.7. The molecule has 2 heterocycles. The molecular formula is C24H22N4O2S. The van der Waals surface area contributed by atoms with E-state index in [2.05, 4.69) is 70.7 Å². The van der Waals surface area contributed by atoms with Crippen LogP contribution < -0.4 is 0 Å². The average Bonchev–Trinajstić information content (AvgIpc) is 3.31. The Morgan fingerprint density at radius 2 is 1.65 bits per heavy atom. The second-order valence-electron chi connectivity index (χ2n) is 7.47. The van der Waals surface area contributed by atoms with E-state index >= 15 is 0 Å². The number of hydrogen-bond donors (Lipinski definition) is 3. The van der Waals surface area contributed by atoms with Crippen LogP contribution in [-0.2, 0) is 13.0 Å². The summed E-state index contributed by atoms with van der Waals surface area (Å²) >= 11 is 4.53. The van der Waals surface area contributed by atoms with Gasteiger partial charge in [-0.05, 0) is 43.2 Å². The van der Waals surface area contributed by atoms with Gasteiger partial charge in [0.2, 0.25) is 0 Å². The van der Waals surface area contributed by atoms with E-state index in [-0.39, 0.29) is 11.5 Å². The van der Waals surface area contributed by atoms with E-state index in [1.54, 1.807) is 6.07 Å². The maximum atomic E-state index is 10.5. The van der Waals surface area contributed by atoms with Gasteiger partial charge in [0.05, 0.1) is 16.8 Å². The lowest BCUT2D eigenvalue weighted by molar-refractivity contribution is 0.447. The maximum absolute atomic E-state index is 10.5. The van der Waals surface area contributed by atoms with Crippen LogP contribution in [0, 0.1) is 0 Å². The summed E-state index contributed by atoms with van der Waals surface area (Å²) in [6.45, 7) is 4.92. The Bertz CT molecular complexity index is 1450. The number of hydrogen-bond acceptors (Lipinski definition) is 5. The highest BCUT2D eigenvalue weighted by molar-refractivity contribution is 7.80. The van der Waals surface area contributed by atoms with Gasteiger partial charge in [-0.2, -0.15) is 0 Å². The molecule has 0 unspecified atom stereocenters. The molecule has 156 valence electrons. The van der Waals surface area contributed by atoms with Crippen molar-refractivity contribution in [2.24, 2.45) is 0 Å². The first-order valence-corrected chi connectivity index (χ1v) is 10.7. The second kappa shape index (κ2) is 7.35.